The van der Waals surface area contributed by atoms with Crippen molar-refractivity contribution in [2.45, 2.75) is 17.9 Å². The number of nitrogens with one attached hydrogen (secondary N) is 1. The van der Waals surface area contributed by atoms with Crippen LogP contribution >= 0.6 is 15.9 Å². The van der Waals surface area contributed by atoms with Gasteiger partial charge in [-0.15, -0.1) is 0 Å². The van der Waals surface area contributed by atoms with Gasteiger partial charge in [0, 0.05) is 40.3 Å². The van der Waals surface area contributed by atoms with Gasteiger partial charge in [-0.2, -0.15) is 0 Å². The fourth-order valence-corrected chi connectivity index (χ4v) is 4.61. The second-order valence-corrected chi connectivity index (χ2v) is 9.77. The SMILES string of the molecule is CN(C)CCC(O)(C1=C=C=CC(F)=C1)C(c1ccccc1)c1cc(-c2ccc(Br)cc2)c[nH]c1=O. The van der Waals surface area contributed by atoms with Gasteiger partial charge in [-0.1, -0.05) is 69.9 Å². The topological polar surface area (TPSA) is 56.3 Å². The van der Waals surface area contributed by atoms with Crippen molar-refractivity contribution in [3.8, 4) is 11.1 Å². The van der Waals surface area contributed by atoms with E-state index in [1.807, 2.05) is 79.7 Å². The smallest absolute Gasteiger partial charge is 0.251 e. The predicted molar refractivity (Wildman–Crippen MR) is 141 cm³/mol. The molecule has 4 nitrogen and oxygen atoms in total. The minimum Gasteiger partial charge on any atom is -0.383 e. The van der Waals surface area contributed by atoms with Gasteiger partial charge in [0.25, 0.3) is 5.56 Å². The van der Waals surface area contributed by atoms with Gasteiger partial charge in [0.05, 0.1) is 0 Å². The molecule has 0 aliphatic heterocycles. The highest BCUT2D eigenvalue weighted by Gasteiger charge is 2.43. The summed E-state index contributed by atoms with van der Waals surface area (Å²) in [7, 11) is 3.81. The lowest BCUT2D eigenvalue weighted by atomic mass is 9.71. The molecule has 0 saturated heterocycles. The van der Waals surface area contributed by atoms with Crippen LogP contribution in [-0.4, -0.2) is 41.2 Å². The van der Waals surface area contributed by atoms with Crippen LogP contribution in [0.1, 0.15) is 23.5 Å². The third-order valence-electron chi connectivity index (χ3n) is 6.14. The zero-order valence-corrected chi connectivity index (χ0v) is 21.1. The zero-order chi connectivity index (χ0) is 25.0. The highest BCUT2D eigenvalue weighted by molar-refractivity contribution is 9.10. The van der Waals surface area contributed by atoms with Crippen LogP contribution in [0.5, 0.6) is 0 Å². The maximum absolute atomic E-state index is 14.3. The molecule has 2 atom stereocenters. The first-order valence-electron chi connectivity index (χ1n) is 11.3. The third kappa shape index (κ3) is 5.54. The molecule has 3 aromatic rings. The summed E-state index contributed by atoms with van der Waals surface area (Å²) in [6.45, 7) is 0.508. The van der Waals surface area contributed by atoms with Crippen molar-refractivity contribution >= 4 is 15.9 Å². The monoisotopic (exact) mass is 532 g/mol. The number of aromatic nitrogens is 1. The van der Waals surface area contributed by atoms with Crippen molar-refractivity contribution in [1.82, 2.24) is 9.88 Å². The maximum Gasteiger partial charge on any atom is 0.251 e. The van der Waals surface area contributed by atoms with Gasteiger partial charge >= 0.3 is 0 Å². The molecule has 2 N–H and O–H groups in total. The molecule has 178 valence electrons. The normalized spacial score (nSPS) is 15.5. The quantitative estimate of drug-likeness (QED) is 0.364. The van der Waals surface area contributed by atoms with E-state index in [9.17, 15) is 14.3 Å². The molecule has 0 fully saturated rings. The van der Waals surface area contributed by atoms with E-state index in [0.29, 0.717) is 12.1 Å². The molecular weight excluding hydrogens is 507 g/mol. The van der Waals surface area contributed by atoms with Crippen molar-refractivity contribution in [1.29, 1.82) is 0 Å². The van der Waals surface area contributed by atoms with Gasteiger partial charge in [-0.05, 0) is 61.5 Å². The first-order chi connectivity index (χ1) is 16.8. The predicted octanol–water partition coefficient (Wildman–Crippen LogP) is 5.72. The number of hydrogen-bond acceptors (Lipinski definition) is 3. The van der Waals surface area contributed by atoms with Crippen LogP contribution in [0, 0.1) is 0 Å². The van der Waals surface area contributed by atoms with Gasteiger partial charge in [0.15, 0.2) is 0 Å². The number of aliphatic hydroxyl groups is 1. The Kier molecular flexibility index (Phi) is 7.51. The summed E-state index contributed by atoms with van der Waals surface area (Å²) in [6.07, 6.45) is 4.36. The Hall–Kier alpha value is -3.24. The van der Waals surface area contributed by atoms with Gasteiger partial charge in [0.2, 0.25) is 0 Å². The number of pyridine rings is 1. The third-order valence-corrected chi connectivity index (χ3v) is 6.67. The van der Waals surface area contributed by atoms with Crippen molar-refractivity contribution in [2.75, 3.05) is 20.6 Å². The summed E-state index contributed by atoms with van der Waals surface area (Å²) >= 11 is 3.45. The Morgan fingerprint density at radius 2 is 1.83 bits per heavy atom. The summed E-state index contributed by atoms with van der Waals surface area (Å²) in [5.74, 6) is -1.30. The number of H-pyrrole nitrogens is 1. The molecule has 0 radical (unpaired) electrons. The first kappa shape index (κ1) is 24.9. The lowest BCUT2D eigenvalue weighted by Crippen LogP contribution is -2.43. The first-order valence-corrected chi connectivity index (χ1v) is 12.1. The van der Waals surface area contributed by atoms with Gasteiger partial charge in [0.1, 0.15) is 11.4 Å². The van der Waals surface area contributed by atoms with E-state index in [1.165, 1.54) is 12.2 Å². The molecule has 1 heterocycles. The summed E-state index contributed by atoms with van der Waals surface area (Å²) in [4.78, 5) is 18.1. The van der Waals surface area contributed by atoms with Crippen molar-refractivity contribution in [3.63, 3.8) is 0 Å². The summed E-state index contributed by atoms with van der Waals surface area (Å²) in [5, 5.41) is 12.3. The van der Waals surface area contributed by atoms with E-state index in [-0.39, 0.29) is 17.6 Å². The van der Waals surface area contributed by atoms with Crippen LogP contribution < -0.4 is 5.56 Å². The molecule has 0 saturated carbocycles. The standard InChI is InChI=1S/C29H26BrFN2O2/c1-33(2)16-15-29(35,23-9-6-10-25(31)18-23)27(21-7-4-3-5-8-21)26-17-22(19-32-28(26)34)20-11-13-24(30)14-12-20/h3-5,7-8,10-14,17-19,27,35H,15-16H2,1-2H3,(H,32,34). The summed E-state index contributed by atoms with van der Waals surface area (Å²) < 4.78 is 15.3. The van der Waals surface area contributed by atoms with Gasteiger partial charge in [-0.3, -0.25) is 4.79 Å². The van der Waals surface area contributed by atoms with Crippen molar-refractivity contribution in [2.24, 2.45) is 0 Å². The van der Waals surface area contributed by atoms with Crippen LogP contribution in [0.25, 0.3) is 11.1 Å². The largest absolute Gasteiger partial charge is 0.383 e. The average Bonchev–Trinajstić information content (AvgIpc) is 2.85. The molecular formula is C29H26BrFN2O2. The van der Waals surface area contributed by atoms with Crippen molar-refractivity contribution < 1.29 is 9.50 Å². The van der Waals surface area contributed by atoms with Crippen molar-refractivity contribution in [3.05, 3.63) is 128 Å². The van der Waals surface area contributed by atoms with E-state index >= 15 is 0 Å². The highest BCUT2D eigenvalue weighted by Crippen LogP contribution is 2.42. The molecule has 2 unspecified atom stereocenters. The molecule has 6 heteroatoms. The van der Waals surface area contributed by atoms with E-state index < -0.39 is 17.3 Å². The minimum absolute atomic E-state index is 0.245. The van der Waals surface area contributed by atoms with Crippen LogP contribution in [0.3, 0.4) is 0 Å². The van der Waals surface area contributed by atoms with Crippen LogP contribution in [0.4, 0.5) is 4.39 Å². The minimum atomic E-state index is -1.63. The molecule has 0 amide bonds. The maximum atomic E-state index is 14.3. The fourth-order valence-electron chi connectivity index (χ4n) is 4.34. The Morgan fingerprint density at radius 1 is 1.11 bits per heavy atom. The second kappa shape index (κ2) is 10.6. The Morgan fingerprint density at radius 3 is 2.49 bits per heavy atom. The molecule has 1 aromatic heterocycles. The average molecular weight is 533 g/mol. The lowest BCUT2D eigenvalue weighted by molar-refractivity contribution is 0.0479. The molecule has 0 bridgehead atoms. The van der Waals surface area contributed by atoms with Gasteiger partial charge in [-0.25, -0.2) is 4.39 Å². The van der Waals surface area contributed by atoms with Gasteiger partial charge < -0.3 is 15.0 Å². The lowest BCUT2D eigenvalue weighted by Gasteiger charge is -2.38. The number of benzene rings is 2. The fraction of sp³-hybridized carbons (Fsp3) is 0.207. The van der Waals surface area contributed by atoms with Crippen LogP contribution in [-0.2, 0) is 0 Å². The zero-order valence-electron chi connectivity index (χ0n) is 19.6. The molecule has 4 rings (SSSR count). The summed E-state index contributed by atoms with van der Waals surface area (Å²) in [5.41, 5.74) is 6.74. The number of halogens is 2. The molecule has 1 aliphatic rings. The van der Waals surface area contributed by atoms with Crippen LogP contribution in [0.2, 0.25) is 0 Å². The van der Waals surface area contributed by atoms with E-state index in [1.54, 1.807) is 6.20 Å². The Labute approximate surface area is 212 Å². The Balaban J connectivity index is 1.96. The molecule has 0 spiro atoms. The van der Waals surface area contributed by atoms with E-state index in [2.05, 4.69) is 32.4 Å². The molecule has 1 aliphatic carbocycles. The van der Waals surface area contributed by atoms with E-state index in [4.69, 9.17) is 0 Å². The number of hydrogen-bond donors (Lipinski definition) is 2. The van der Waals surface area contributed by atoms with Crippen LogP contribution in [0.15, 0.2) is 111 Å². The Bertz CT molecular complexity index is 1400. The second-order valence-electron chi connectivity index (χ2n) is 8.86. The highest BCUT2D eigenvalue weighted by atomic mass is 79.9. The number of rotatable bonds is 8. The summed E-state index contributed by atoms with van der Waals surface area (Å²) in [6, 6.07) is 18.9. The number of allylic oxidation sites excluding steroid dienone is 2. The number of nitrogens with zero attached hydrogens (tertiary/aromatic N) is 1. The molecule has 35 heavy (non-hydrogen) atoms. The number of aromatic amines is 1. The van der Waals surface area contributed by atoms with E-state index in [0.717, 1.165) is 21.2 Å². The molecule has 2 aromatic carbocycles.